The van der Waals surface area contributed by atoms with Crippen molar-refractivity contribution in [2.45, 2.75) is 19.8 Å². The SMILES string of the molecule is COc1c(CN2CCN(CCOC(=O)c3ccccc3)CC2)ccc(CO)c1CO. The van der Waals surface area contributed by atoms with E-state index in [9.17, 15) is 15.0 Å². The molecule has 0 aromatic heterocycles. The number of benzene rings is 2. The molecular weight excluding hydrogens is 384 g/mol. The Kier molecular flexibility index (Phi) is 8.21. The minimum Gasteiger partial charge on any atom is -0.496 e. The zero-order chi connectivity index (χ0) is 21.3. The van der Waals surface area contributed by atoms with Gasteiger partial charge < -0.3 is 19.7 Å². The maximum absolute atomic E-state index is 12.0. The number of esters is 1. The third kappa shape index (κ3) is 5.58. The van der Waals surface area contributed by atoms with Crippen LogP contribution in [0.1, 0.15) is 27.0 Å². The number of carbonyl (C=O) groups is 1. The molecule has 0 spiro atoms. The van der Waals surface area contributed by atoms with Crippen LogP contribution in [0.2, 0.25) is 0 Å². The van der Waals surface area contributed by atoms with Gasteiger partial charge in [0.15, 0.2) is 0 Å². The van der Waals surface area contributed by atoms with Gasteiger partial charge in [-0.15, -0.1) is 0 Å². The van der Waals surface area contributed by atoms with Gasteiger partial charge in [0, 0.05) is 50.4 Å². The monoisotopic (exact) mass is 414 g/mol. The first-order chi connectivity index (χ1) is 14.7. The summed E-state index contributed by atoms with van der Waals surface area (Å²) in [6.07, 6.45) is 0. The molecule has 2 aromatic rings. The number of hydrogen-bond donors (Lipinski definition) is 2. The number of carbonyl (C=O) groups excluding carboxylic acids is 1. The van der Waals surface area contributed by atoms with Crippen molar-refractivity contribution < 1.29 is 24.5 Å². The third-order valence-corrected chi connectivity index (χ3v) is 5.48. The minimum atomic E-state index is -0.285. The molecule has 1 aliphatic rings. The standard InChI is InChI=1S/C23H30N2O5/c1-29-22-19(7-8-20(16-26)21(22)17-27)15-25-11-9-24(10-12-25)13-14-30-23(28)18-5-3-2-4-6-18/h2-8,26-27H,9-17H2,1H3. The Hall–Kier alpha value is -2.45. The molecule has 1 heterocycles. The predicted octanol–water partition coefficient (Wildman–Crippen LogP) is 1.65. The summed E-state index contributed by atoms with van der Waals surface area (Å²) in [5.74, 6) is 0.367. The zero-order valence-electron chi connectivity index (χ0n) is 17.4. The van der Waals surface area contributed by atoms with Crippen LogP contribution >= 0.6 is 0 Å². The van der Waals surface area contributed by atoms with E-state index in [0.29, 0.717) is 29.0 Å². The van der Waals surface area contributed by atoms with Gasteiger partial charge in [-0.05, 0) is 17.7 Å². The second-order valence-corrected chi connectivity index (χ2v) is 7.33. The fourth-order valence-electron chi connectivity index (χ4n) is 3.75. The van der Waals surface area contributed by atoms with Crippen LogP contribution in [0.4, 0.5) is 0 Å². The number of ether oxygens (including phenoxy) is 2. The van der Waals surface area contributed by atoms with Gasteiger partial charge in [0.1, 0.15) is 12.4 Å². The molecule has 3 rings (SSSR count). The first-order valence-electron chi connectivity index (χ1n) is 10.2. The normalized spacial score (nSPS) is 15.2. The predicted molar refractivity (Wildman–Crippen MR) is 113 cm³/mol. The molecule has 30 heavy (non-hydrogen) atoms. The quantitative estimate of drug-likeness (QED) is 0.604. The number of methoxy groups -OCH3 is 1. The van der Waals surface area contributed by atoms with Gasteiger partial charge in [0.25, 0.3) is 0 Å². The smallest absolute Gasteiger partial charge is 0.338 e. The molecule has 0 saturated carbocycles. The zero-order valence-corrected chi connectivity index (χ0v) is 17.4. The van der Waals surface area contributed by atoms with Crippen molar-refractivity contribution in [1.82, 2.24) is 9.80 Å². The molecule has 7 nitrogen and oxygen atoms in total. The average molecular weight is 415 g/mol. The van der Waals surface area contributed by atoms with E-state index in [2.05, 4.69) is 9.80 Å². The second-order valence-electron chi connectivity index (χ2n) is 7.33. The largest absolute Gasteiger partial charge is 0.496 e. The van der Waals surface area contributed by atoms with Crippen molar-refractivity contribution in [2.24, 2.45) is 0 Å². The highest BCUT2D eigenvalue weighted by Gasteiger charge is 2.20. The van der Waals surface area contributed by atoms with E-state index in [-0.39, 0.29) is 19.2 Å². The van der Waals surface area contributed by atoms with Crippen molar-refractivity contribution >= 4 is 5.97 Å². The number of aliphatic hydroxyl groups is 2. The van der Waals surface area contributed by atoms with Crippen LogP contribution in [-0.4, -0.2) is 72.4 Å². The molecule has 1 fully saturated rings. The summed E-state index contributed by atoms with van der Waals surface area (Å²) in [6.45, 7) is 5.11. The van der Waals surface area contributed by atoms with Gasteiger partial charge in [-0.3, -0.25) is 9.80 Å². The van der Waals surface area contributed by atoms with Crippen molar-refractivity contribution in [3.63, 3.8) is 0 Å². The van der Waals surface area contributed by atoms with E-state index in [1.807, 2.05) is 30.3 Å². The maximum Gasteiger partial charge on any atom is 0.338 e. The van der Waals surface area contributed by atoms with Crippen LogP contribution in [-0.2, 0) is 24.5 Å². The van der Waals surface area contributed by atoms with Crippen LogP contribution in [0.3, 0.4) is 0 Å². The number of rotatable bonds is 9. The fourth-order valence-corrected chi connectivity index (χ4v) is 3.75. The van der Waals surface area contributed by atoms with E-state index >= 15 is 0 Å². The van der Waals surface area contributed by atoms with Crippen LogP contribution in [0.15, 0.2) is 42.5 Å². The fraction of sp³-hybridized carbons (Fsp3) is 0.435. The maximum atomic E-state index is 12.0. The van der Waals surface area contributed by atoms with E-state index < -0.39 is 0 Å². The van der Waals surface area contributed by atoms with E-state index in [4.69, 9.17) is 9.47 Å². The van der Waals surface area contributed by atoms with Crippen LogP contribution < -0.4 is 4.74 Å². The lowest BCUT2D eigenvalue weighted by molar-refractivity contribution is 0.0419. The highest BCUT2D eigenvalue weighted by atomic mass is 16.5. The Morgan fingerprint density at radius 3 is 2.23 bits per heavy atom. The summed E-state index contributed by atoms with van der Waals surface area (Å²) >= 11 is 0. The third-order valence-electron chi connectivity index (χ3n) is 5.48. The Morgan fingerprint density at radius 1 is 0.933 bits per heavy atom. The van der Waals surface area contributed by atoms with Gasteiger partial charge in [0.2, 0.25) is 0 Å². The van der Waals surface area contributed by atoms with Crippen LogP contribution in [0.25, 0.3) is 0 Å². The van der Waals surface area contributed by atoms with Gasteiger partial charge in [-0.1, -0.05) is 30.3 Å². The average Bonchev–Trinajstić information content (AvgIpc) is 2.80. The van der Waals surface area contributed by atoms with E-state index in [1.165, 1.54) is 0 Å². The molecule has 0 amide bonds. The van der Waals surface area contributed by atoms with Gasteiger partial charge >= 0.3 is 5.97 Å². The summed E-state index contributed by atoms with van der Waals surface area (Å²) in [5.41, 5.74) is 2.92. The lowest BCUT2D eigenvalue weighted by Gasteiger charge is -2.35. The van der Waals surface area contributed by atoms with E-state index in [0.717, 1.165) is 44.8 Å². The van der Waals surface area contributed by atoms with Gasteiger partial charge in [-0.2, -0.15) is 0 Å². The molecule has 2 N–H and O–H groups in total. The van der Waals surface area contributed by atoms with Crippen molar-refractivity contribution in [3.8, 4) is 5.75 Å². The van der Waals surface area contributed by atoms with Gasteiger partial charge in [-0.25, -0.2) is 4.79 Å². The van der Waals surface area contributed by atoms with Crippen LogP contribution in [0.5, 0.6) is 5.75 Å². The Morgan fingerprint density at radius 2 is 1.60 bits per heavy atom. The second kappa shape index (κ2) is 11.1. The Bertz CT molecular complexity index is 820. The van der Waals surface area contributed by atoms with Gasteiger partial charge in [0.05, 0.1) is 25.9 Å². The molecular formula is C23H30N2O5. The lowest BCUT2D eigenvalue weighted by atomic mass is 10.0. The summed E-state index contributed by atoms with van der Waals surface area (Å²) in [7, 11) is 1.59. The number of piperazine rings is 1. The molecule has 0 atom stereocenters. The summed E-state index contributed by atoms with van der Waals surface area (Å²) < 4.78 is 10.9. The molecule has 1 aliphatic heterocycles. The topological polar surface area (TPSA) is 82.5 Å². The number of hydrogen-bond acceptors (Lipinski definition) is 7. The van der Waals surface area contributed by atoms with E-state index in [1.54, 1.807) is 19.2 Å². The molecule has 2 aromatic carbocycles. The number of nitrogens with zero attached hydrogens (tertiary/aromatic N) is 2. The molecule has 162 valence electrons. The summed E-state index contributed by atoms with van der Waals surface area (Å²) in [5, 5.41) is 19.1. The highest BCUT2D eigenvalue weighted by Crippen LogP contribution is 2.29. The van der Waals surface area contributed by atoms with Crippen molar-refractivity contribution in [3.05, 3.63) is 64.7 Å². The van der Waals surface area contributed by atoms with Crippen molar-refractivity contribution in [1.29, 1.82) is 0 Å². The lowest BCUT2D eigenvalue weighted by Crippen LogP contribution is -2.46. The molecule has 0 radical (unpaired) electrons. The molecule has 0 unspecified atom stereocenters. The molecule has 0 bridgehead atoms. The number of aliphatic hydroxyl groups excluding tert-OH is 2. The first-order valence-corrected chi connectivity index (χ1v) is 10.2. The Balaban J connectivity index is 1.46. The van der Waals surface area contributed by atoms with Crippen molar-refractivity contribution in [2.75, 3.05) is 46.4 Å². The Labute approximate surface area is 177 Å². The highest BCUT2D eigenvalue weighted by molar-refractivity contribution is 5.89. The first kappa shape index (κ1) is 22.2. The summed E-state index contributed by atoms with van der Waals surface area (Å²) in [4.78, 5) is 16.6. The molecule has 1 saturated heterocycles. The van der Waals surface area contributed by atoms with Crippen LogP contribution in [0, 0.1) is 0 Å². The molecule has 7 heteroatoms. The summed E-state index contributed by atoms with van der Waals surface area (Å²) in [6, 6.07) is 12.8. The minimum absolute atomic E-state index is 0.125. The molecule has 0 aliphatic carbocycles.